The molecule has 0 unspecified atom stereocenters. The third-order valence-corrected chi connectivity index (χ3v) is 4.29. The number of carbonyl (C=O) groups excluding carboxylic acids is 1. The van der Waals surface area contributed by atoms with Crippen LogP contribution in [0.15, 0.2) is 36.7 Å². The van der Waals surface area contributed by atoms with Crippen LogP contribution in [0, 0.1) is 0 Å². The average Bonchev–Trinajstić information content (AvgIpc) is 3.18. The van der Waals surface area contributed by atoms with Crippen LogP contribution in [-0.2, 0) is 6.54 Å². The van der Waals surface area contributed by atoms with Gasteiger partial charge in [0.05, 0.1) is 17.8 Å². The van der Waals surface area contributed by atoms with E-state index >= 15 is 0 Å². The second-order valence-corrected chi connectivity index (χ2v) is 6.32. The Morgan fingerprint density at radius 1 is 1.32 bits per heavy atom. The van der Waals surface area contributed by atoms with Gasteiger partial charge in [0.25, 0.3) is 0 Å². The minimum absolute atomic E-state index is 0.239. The van der Waals surface area contributed by atoms with E-state index < -0.39 is 5.91 Å². The Kier molecular flexibility index (Phi) is 3.56. The lowest BCUT2D eigenvalue weighted by molar-refractivity contribution is 0.100. The van der Waals surface area contributed by atoms with Gasteiger partial charge in [0.2, 0.25) is 5.91 Å². The number of nitrogens with zero attached hydrogens (tertiary/aromatic N) is 4. The molecule has 3 aromatic rings. The van der Waals surface area contributed by atoms with Gasteiger partial charge in [-0.25, -0.2) is 4.98 Å². The standard InChI is InChI=1S/C18H19N5O2/c1-11(2)23-15(5-6-20-23)14-10-22-7-8-25-16-4-3-12(17(19)24)9-13(16)18(22)21-14/h3-6,9-11H,7-8H2,1-2H3,(H2,19,24). The zero-order chi connectivity index (χ0) is 17.6. The van der Waals surface area contributed by atoms with Crippen LogP contribution >= 0.6 is 0 Å². The van der Waals surface area contributed by atoms with Crippen LogP contribution in [0.3, 0.4) is 0 Å². The Bertz CT molecular complexity index is 954. The molecule has 1 amide bonds. The third-order valence-electron chi connectivity index (χ3n) is 4.29. The minimum Gasteiger partial charge on any atom is -0.491 e. The first-order chi connectivity index (χ1) is 12.0. The molecule has 0 aliphatic carbocycles. The van der Waals surface area contributed by atoms with E-state index in [4.69, 9.17) is 15.5 Å². The maximum absolute atomic E-state index is 11.5. The Hall–Kier alpha value is -3.09. The molecule has 0 radical (unpaired) electrons. The molecule has 4 rings (SSSR count). The lowest BCUT2D eigenvalue weighted by Crippen LogP contribution is -2.11. The molecular formula is C18H19N5O2. The van der Waals surface area contributed by atoms with Crippen molar-refractivity contribution in [1.29, 1.82) is 0 Å². The van der Waals surface area contributed by atoms with Gasteiger partial charge < -0.3 is 15.0 Å². The first-order valence-electron chi connectivity index (χ1n) is 8.22. The molecule has 7 nitrogen and oxygen atoms in total. The van der Waals surface area contributed by atoms with Gasteiger partial charge in [-0.05, 0) is 38.1 Å². The van der Waals surface area contributed by atoms with Crippen LogP contribution < -0.4 is 10.5 Å². The number of ether oxygens (including phenoxy) is 1. The largest absolute Gasteiger partial charge is 0.491 e. The highest BCUT2D eigenvalue weighted by molar-refractivity contribution is 5.94. The summed E-state index contributed by atoms with van der Waals surface area (Å²) in [5.74, 6) is 1.00. The maximum atomic E-state index is 11.5. The molecular weight excluding hydrogens is 318 g/mol. The number of amides is 1. The van der Waals surface area contributed by atoms with E-state index in [0.717, 1.165) is 22.8 Å². The summed E-state index contributed by atoms with van der Waals surface area (Å²) in [5.41, 5.74) is 8.44. The van der Waals surface area contributed by atoms with Crippen molar-refractivity contribution in [2.45, 2.75) is 26.4 Å². The van der Waals surface area contributed by atoms with Gasteiger partial charge in [-0.15, -0.1) is 0 Å². The van der Waals surface area contributed by atoms with Crippen molar-refractivity contribution in [2.75, 3.05) is 6.61 Å². The summed E-state index contributed by atoms with van der Waals surface area (Å²) < 4.78 is 9.78. The van der Waals surface area contributed by atoms with E-state index in [0.29, 0.717) is 24.5 Å². The lowest BCUT2D eigenvalue weighted by Gasteiger charge is -2.09. The van der Waals surface area contributed by atoms with Crippen LogP contribution in [0.25, 0.3) is 22.8 Å². The molecule has 0 saturated carbocycles. The van der Waals surface area contributed by atoms with Crippen molar-refractivity contribution in [1.82, 2.24) is 19.3 Å². The van der Waals surface area contributed by atoms with E-state index in [2.05, 4.69) is 18.9 Å². The number of primary amides is 1. The van der Waals surface area contributed by atoms with Crippen molar-refractivity contribution in [2.24, 2.45) is 5.73 Å². The smallest absolute Gasteiger partial charge is 0.248 e. The Balaban J connectivity index is 1.87. The number of imidazole rings is 1. The second kappa shape index (κ2) is 5.77. The first-order valence-corrected chi connectivity index (χ1v) is 8.22. The van der Waals surface area contributed by atoms with E-state index in [1.54, 1.807) is 24.4 Å². The number of fused-ring (bicyclic) bond motifs is 3. The molecule has 3 heterocycles. The predicted molar refractivity (Wildman–Crippen MR) is 93.3 cm³/mol. The van der Waals surface area contributed by atoms with Gasteiger partial charge in [0, 0.05) is 24.0 Å². The van der Waals surface area contributed by atoms with Crippen LogP contribution in [0.5, 0.6) is 5.75 Å². The summed E-state index contributed by atoms with van der Waals surface area (Å²) >= 11 is 0. The molecule has 0 spiro atoms. The fourth-order valence-corrected chi connectivity index (χ4v) is 3.09. The summed E-state index contributed by atoms with van der Waals surface area (Å²) in [6.07, 6.45) is 3.78. The molecule has 0 saturated heterocycles. The normalized spacial score (nSPS) is 13.1. The highest BCUT2D eigenvalue weighted by Crippen LogP contribution is 2.34. The number of carbonyl (C=O) groups is 1. The van der Waals surface area contributed by atoms with Gasteiger partial charge in [0.15, 0.2) is 0 Å². The van der Waals surface area contributed by atoms with Gasteiger partial charge in [-0.2, -0.15) is 5.10 Å². The average molecular weight is 337 g/mol. The Morgan fingerprint density at radius 3 is 2.92 bits per heavy atom. The maximum Gasteiger partial charge on any atom is 0.248 e. The quantitative estimate of drug-likeness (QED) is 0.795. The topological polar surface area (TPSA) is 88.0 Å². The summed E-state index contributed by atoms with van der Waals surface area (Å²) in [6, 6.07) is 7.39. The van der Waals surface area contributed by atoms with E-state index in [9.17, 15) is 4.79 Å². The van der Waals surface area contributed by atoms with Crippen molar-refractivity contribution < 1.29 is 9.53 Å². The van der Waals surface area contributed by atoms with Crippen LogP contribution in [-0.4, -0.2) is 31.8 Å². The number of benzene rings is 1. The lowest BCUT2D eigenvalue weighted by atomic mass is 10.1. The number of rotatable bonds is 3. The molecule has 7 heteroatoms. The van der Waals surface area contributed by atoms with Crippen LogP contribution in [0.4, 0.5) is 0 Å². The molecule has 0 fully saturated rings. The molecule has 0 bridgehead atoms. The molecule has 1 aromatic carbocycles. The van der Waals surface area contributed by atoms with Crippen molar-refractivity contribution >= 4 is 5.91 Å². The highest BCUT2D eigenvalue weighted by Gasteiger charge is 2.21. The molecule has 2 aromatic heterocycles. The second-order valence-electron chi connectivity index (χ2n) is 6.32. The molecule has 0 atom stereocenters. The number of hydrogen-bond acceptors (Lipinski definition) is 4. The number of nitrogens with two attached hydrogens (primary N) is 1. The third kappa shape index (κ3) is 2.57. The van der Waals surface area contributed by atoms with Gasteiger partial charge in [0.1, 0.15) is 23.9 Å². The van der Waals surface area contributed by atoms with Gasteiger partial charge in [-0.1, -0.05) is 0 Å². The molecule has 1 aliphatic heterocycles. The SMILES string of the molecule is CC(C)n1nccc1-c1cn2c(n1)-c1cc(C(N)=O)ccc1OCC2. The number of aromatic nitrogens is 4. The summed E-state index contributed by atoms with van der Waals surface area (Å²) in [7, 11) is 0. The fraction of sp³-hybridized carbons (Fsp3) is 0.278. The van der Waals surface area contributed by atoms with Crippen molar-refractivity contribution in [3.8, 4) is 28.5 Å². The first kappa shape index (κ1) is 15.4. The minimum atomic E-state index is -0.469. The van der Waals surface area contributed by atoms with Crippen molar-refractivity contribution in [3.05, 3.63) is 42.2 Å². The van der Waals surface area contributed by atoms with E-state index in [1.807, 2.05) is 21.5 Å². The number of hydrogen-bond donors (Lipinski definition) is 1. The van der Waals surface area contributed by atoms with Gasteiger partial charge >= 0.3 is 0 Å². The summed E-state index contributed by atoms with van der Waals surface area (Å²) in [6.45, 7) is 5.38. The highest BCUT2D eigenvalue weighted by atomic mass is 16.5. The molecule has 1 aliphatic rings. The molecule has 25 heavy (non-hydrogen) atoms. The predicted octanol–water partition coefficient (Wildman–Crippen LogP) is 2.49. The molecule has 2 N–H and O–H groups in total. The monoisotopic (exact) mass is 337 g/mol. The Morgan fingerprint density at radius 2 is 2.16 bits per heavy atom. The van der Waals surface area contributed by atoms with Crippen molar-refractivity contribution in [3.63, 3.8) is 0 Å². The zero-order valence-electron chi connectivity index (χ0n) is 14.1. The van der Waals surface area contributed by atoms with Crippen LogP contribution in [0.2, 0.25) is 0 Å². The van der Waals surface area contributed by atoms with Gasteiger partial charge in [-0.3, -0.25) is 9.48 Å². The zero-order valence-corrected chi connectivity index (χ0v) is 14.1. The summed E-state index contributed by atoms with van der Waals surface area (Å²) in [5, 5.41) is 4.38. The Labute approximate surface area is 145 Å². The van der Waals surface area contributed by atoms with Crippen LogP contribution in [0.1, 0.15) is 30.2 Å². The fourth-order valence-electron chi connectivity index (χ4n) is 3.09. The van der Waals surface area contributed by atoms with E-state index in [-0.39, 0.29) is 6.04 Å². The molecule has 128 valence electrons. The summed E-state index contributed by atoms with van der Waals surface area (Å²) in [4.78, 5) is 16.3. The van der Waals surface area contributed by atoms with E-state index in [1.165, 1.54) is 0 Å².